The second kappa shape index (κ2) is 12.9. The van der Waals surface area contributed by atoms with Gasteiger partial charge in [-0.15, -0.1) is 0 Å². The number of fused-ring (bicyclic) bond motifs is 1. The molecule has 0 saturated heterocycles. The molecule has 0 radical (unpaired) electrons. The van der Waals surface area contributed by atoms with Crippen molar-refractivity contribution >= 4 is 40.1 Å². The number of hydrogen-bond donors (Lipinski definition) is 5. The lowest BCUT2D eigenvalue weighted by molar-refractivity contribution is -0.137. The number of nitrogens with two attached hydrogens (primary N) is 2. The van der Waals surface area contributed by atoms with E-state index in [2.05, 4.69) is 15.5 Å². The Labute approximate surface area is 217 Å². The zero-order valence-corrected chi connectivity index (χ0v) is 20.7. The van der Waals surface area contributed by atoms with Gasteiger partial charge in [0.2, 0.25) is 11.8 Å². The highest BCUT2D eigenvalue weighted by Crippen LogP contribution is 2.29. The molecule has 0 aliphatic heterocycles. The van der Waals surface area contributed by atoms with Crippen LogP contribution in [-0.4, -0.2) is 37.0 Å². The van der Waals surface area contributed by atoms with Crippen LogP contribution >= 0.6 is 11.8 Å². The summed E-state index contributed by atoms with van der Waals surface area (Å²) in [6.45, 7) is 0.493. The first kappa shape index (κ1) is 28.4. The predicted molar refractivity (Wildman–Crippen MR) is 139 cm³/mol. The minimum Gasteiger partial charge on any atom is -0.343 e. The molecule has 198 valence electrons. The second-order valence-corrected chi connectivity index (χ2v) is 8.96. The molecule has 2 amide bonds. The minimum absolute atomic E-state index is 0.0461. The van der Waals surface area contributed by atoms with Crippen LogP contribution in [0.4, 0.5) is 18.9 Å². The van der Waals surface area contributed by atoms with Crippen LogP contribution in [0, 0.1) is 5.92 Å². The fraction of sp³-hybridized carbons (Fsp3) is 0.308. The van der Waals surface area contributed by atoms with E-state index in [9.17, 15) is 22.8 Å². The molecular weight excluding hydrogens is 507 g/mol. The van der Waals surface area contributed by atoms with E-state index in [4.69, 9.17) is 23.2 Å². The first-order chi connectivity index (χ1) is 17.6. The highest BCUT2D eigenvalue weighted by atomic mass is 35.5. The van der Waals surface area contributed by atoms with E-state index in [0.29, 0.717) is 11.3 Å². The van der Waals surface area contributed by atoms with Crippen LogP contribution in [0.5, 0.6) is 0 Å². The summed E-state index contributed by atoms with van der Waals surface area (Å²) in [4.78, 5) is 28.6. The van der Waals surface area contributed by atoms with Crippen LogP contribution in [0.3, 0.4) is 0 Å². The molecule has 0 bridgehead atoms. The van der Waals surface area contributed by atoms with Gasteiger partial charge in [-0.2, -0.15) is 13.2 Å². The van der Waals surface area contributed by atoms with Crippen LogP contribution in [0.25, 0.3) is 10.8 Å². The van der Waals surface area contributed by atoms with Crippen molar-refractivity contribution in [1.29, 1.82) is 0 Å². The van der Waals surface area contributed by atoms with Gasteiger partial charge in [0.25, 0.3) is 0 Å². The van der Waals surface area contributed by atoms with E-state index < -0.39 is 35.6 Å². The zero-order chi connectivity index (χ0) is 27.0. The lowest BCUT2D eigenvalue weighted by Gasteiger charge is -2.24. The van der Waals surface area contributed by atoms with Crippen molar-refractivity contribution in [2.75, 3.05) is 18.4 Å². The summed E-state index contributed by atoms with van der Waals surface area (Å²) in [6.07, 6.45) is -4.29. The van der Waals surface area contributed by atoms with Crippen LogP contribution in [-0.2, 0) is 22.2 Å². The lowest BCUT2D eigenvalue weighted by Crippen LogP contribution is -2.51. The van der Waals surface area contributed by atoms with Gasteiger partial charge in [0, 0.05) is 12.1 Å². The van der Waals surface area contributed by atoms with E-state index in [-0.39, 0.29) is 31.8 Å². The molecule has 11 heteroatoms. The monoisotopic (exact) mass is 535 g/mol. The number of amides is 2. The Balaban J connectivity index is 1.82. The van der Waals surface area contributed by atoms with Gasteiger partial charge < -0.3 is 22.1 Å². The number of nitrogens with one attached hydrogen (secondary N) is 3. The van der Waals surface area contributed by atoms with Gasteiger partial charge in [-0.05, 0) is 77.8 Å². The Morgan fingerprint density at radius 3 is 2.11 bits per heavy atom. The maximum Gasteiger partial charge on any atom is 0.416 e. The fourth-order valence-electron chi connectivity index (χ4n) is 3.87. The molecule has 7 N–H and O–H groups in total. The number of rotatable bonds is 11. The summed E-state index contributed by atoms with van der Waals surface area (Å²) >= 11 is 5.79. The molecule has 37 heavy (non-hydrogen) atoms. The molecule has 0 aliphatic rings. The largest absolute Gasteiger partial charge is 0.416 e. The maximum atomic E-state index is 13.3. The van der Waals surface area contributed by atoms with Gasteiger partial charge >= 0.3 is 6.18 Å². The molecule has 0 spiro atoms. The van der Waals surface area contributed by atoms with E-state index in [1.165, 1.54) is 12.1 Å². The Morgan fingerprint density at radius 1 is 0.865 bits per heavy atom. The predicted octanol–water partition coefficient (Wildman–Crippen LogP) is 3.56. The highest BCUT2D eigenvalue weighted by molar-refractivity contribution is 6.15. The first-order valence-electron chi connectivity index (χ1n) is 11.7. The molecule has 3 aromatic carbocycles. The summed E-state index contributed by atoms with van der Waals surface area (Å²) in [6, 6.07) is 15.4. The van der Waals surface area contributed by atoms with Crippen LogP contribution in [0.1, 0.15) is 17.5 Å². The maximum absolute atomic E-state index is 13.3. The quantitative estimate of drug-likeness (QED) is 0.240. The Bertz CT molecular complexity index is 1200. The van der Waals surface area contributed by atoms with E-state index in [1.54, 1.807) is 12.1 Å². The summed E-state index contributed by atoms with van der Waals surface area (Å²) < 4.78 is 38.9. The average molecular weight is 536 g/mol. The van der Waals surface area contributed by atoms with Gasteiger partial charge in [-0.1, -0.05) is 42.5 Å². The fourth-order valence-corrected chi connectivity index (χ4v) is 4.05. The van der Waals surface area contributed by atoms with E-state index >= 15 is 0 Å². The van der Waals surface area contributed by atoms with Crippen molar-refractivity contribution in [1.82, 2.24) is 10.2 Å². The third kappa shape index (κ3) is 7.90. The van der Waals surface area contributed by atoms with Gasteiger partial charge in [-0.3, -0.25) is 9.59 Å². The third-order valence-corrected chi connectivity index (χ3v) is 6.32. The van der Waals surface area contributed by atoms with Crippen molar-refractivity contribution in [2.45, 2.75) is 31.1 Å². The first-order valence-corrected chi connectivity index (χ1v) is 12.0. The smallest absolute Gasteiger partial charge is 0.343 e. The van der Waals surface area contributed by atoms with Gasteiger partial charge in [0.1, 0.15) is 12.1 Å². The summed E-state index contributed by atoms with van der Waals surface area (Å²) in [5.74, 6) is -1.28. The zero-order valence-electron chi connectivity index (χ0n) is 19.9. The van der Waals surface area contributed by atoms with Crippen molar-refractivity contribution in [3.8, 4) is 0 Å². The van der Waals surface area contributed by atoms with Crippen LogP contribution < -0.4 is 26.9 Å². The molecule has 0 fully saturated rings. The van der Waals surface area contributed by atoms with Crippen molar-refractivity contribution in [2.24, 2.45) is 17.4 Å². The lowest BCUT2D eigenvalue weighted by atomic mass is 9.99. The molecule has 2 atom stereocenters. The van der Waals surface area contributed by atoms with E-state index in [1.807, 2.05) is 30.3 Å². The number of halogens is 4. The molecule has 0 aromatic heterocycles. The molecule has 0 heterocycles. The van der Waals surface area contributed by atoms with Crippen molar-refractivity contribution < 1.29 is 22.8 Å². The van der Waals surface area contributed by atoms with Gasteiger partial charge in [0.15, 0.2) is 0 Å². The number of carbonyl (C=O) groups excluding carboxylic acids is 2. The number of carbonyl (C=O) groups is 2. The Hall–Kier alpha value is -3.18. The van der Waals surface area contributed by atoms with Crippen LogP contribution in [0.15, 0.2) is 66.7 Å². The van der Waals surface area contributed by atoms with Crippen LogP contribution in [0.2, 0.25) is 0 Å². The topological polar surface area (TPSA) is 122 Å². The normalized spacial score (nSPS) is 13.4. The van der Waals surface area contributed by atoms with E-state index in [0.717, 1.165) is 22.9 Å². The third-order valence-electron chi connectivity index (χ3n) is 6.05. The summed E-state index contributed by atoms with van der Waals surface area (Å²) in [5, 5.41) is 7.35. The molecular formula is C26H29ClF3N5O2. The molecule has 0 saturated carbocycles. The van der Waals surface area contributed by atoms with Gasteiger partial charge in [0.05, 0.1) is 5.56 Å². The van der Waals surface area contributed by atoms with Gasteiger partial charge in [-0.25, -0.2) is 4.84 Å². The summed E-state index contributed by atoms with van der Waals surface area (Å²) in [5.41, 5.74) is 11.5. The standard InChI is InChI=1S/C26H29ClF3N5O2/c27-35-23(12-17(14-31)15-32)25(37)34-22(11-16-5-8-20(9-6-16)26(28,29)30)24(36)33-21-10-7-18-3-1-2-4-19(18)13-21/h1-10,13,17,22-23,35H,11-12,14-15,31-32H2,(H,33,36)(H,34,37). The molecule has 3 aromatic rings. The summed E-state index contributed by atoms with van der Waals surface area (Å²) in [7, 11) is 0. The molecule has 3 rings (SSSR count). The highest BCUT2D eigenvalue weighted by Gasteiger charge is 2.31. The van der Waals surface area contributed by atoms with Crippen molar-refractivity contribution in [3.63, 3.8) is 0 Å². The minimum atomic E-state index is -4.48. The number of benzene rings is 3. The number of anilines is 1. The molecule has 2 unspecified atom stereocenters. The molecule has 7 nitrogen and oxygen atoms in total. The Morgan fingerprint density at radius 2 is 1.51 bits per heavy atom. The average Bonchev–Trinajstić information content (AvgIpc) is 2.88. The Kier molecular flexibility index (Phi) is 9.87. The van der Waals surface area contributed by atoms with Crippen molar-refractivity contribution in [3.05, 3.63) is 77.9 Å². The molecule has 0 aliphatic carbocycles. The second-order valence-electron chi connectivity index (χ2n) is 8.75. The number of hydrogen-bond acceptors (Lipinski definition) is 5. The number of alkyl halides is 3. The SMILES string of the molecule is NCC(CN)CC(NCl)C(=O)NC(Cc1ccc(C(F)(F)F)cc1)C(=O)Nc1ccc2ccccc2c1.